The number of carbonyl (C=O) groups is 2. The van der Waals surface area contributed by atoms with Gasteiger partial charge in [0, 0.05) is 11.1 Å². The first kappa shape index (κ1) is 15.2. The standard InChI is InChI=1S/C14H9Cl2NO4/c15-8-3-4-10(11(16)6-8)13(18)17-12(14(19)20)7-9-2-1-5-21-9/h1-7H,(H,17,18)(H,19,20)/b12-7+. The van der Waals surface area contributed by atoms with Crippen LogP contribution in [0.4, 0.5) is 0 Å². The van der Waals surface area contributed by atoms with Gasteiger partial charge in [0.1, 0.15) is 11.5 Å². The lowest BCUT2D eigenvalue weighted by Gasteiger charge is -2.07. The van der Waals surface area contributed by atoms with Gasteiger partial charge in [0.05, 0.1) is 16.8 Å². The van der Waals surface area contributed by atoms with E-state index in [0.29, 0.717) is 10.8 Å². The highest BCUT2D eigenvalue weighted by atomic mass is 35.5. The maximum Gasteiger partial charge on any atom is 0.352 e. The van der Waals surface area contributed by atoms with Gasteiger partial charge in [-0.05, 0) is 30.3 Å². The monoisotopic (exact) mass is 325 g/mol. The summed E-state index contributed by atoms with van der Waals surface area (Å²) in [6.07, 6.45) is 2.59. The number of aliphatic carboxylic acids is 1. The maximum absolute atomic E-state index is 12.0. The highest BCUT2D eigenvalue weighted by Crippen LogP contribution is 2.21. The molecule has 2 rings (SSSR count). The number of rotatable bonds is 4. The Bertz CT molecular complexity index is 708. The summed E-state index contributed by atoms with van der Waals surface area (Å²) in [6.45, 7) is 0. The van der Waals surface area contributed by atoms with Crippen molar-refractivity contribution in [1.29, 1.82) is 0 Å². The SMILES string of the molecule is O=C(O)/C(=C\c1ccco1)NC(=O)c1ccc(Cl)cc1Cl. The molecule has 0 unspecified atom stereocenters. The third-order valence-corrected chi connectivity index (χ3v) is 3.03. The van der Waals surface area contributed by atoms with Gasteiger partial charge in [0.25, 0.3) is 5.91 Å². The van der Waals surface area contributed by atoms with Crippen LogP contribution in [0.25, 0.3) is 6.08 Å². The van der Waals surface area contributed by atoms with E-state index in [1.54, 1.807) is 12.1 Å². The molecule has 108 valence electrons. The number of carbonyl (C=O) groups excluding carboxylic acids is 1. The van der Waals surface area contributed by atoms with Gasteiger partial charge in [-0.3, -0.25) is 4.79 Å². The van der Waals surface area contributed by atoms with Gasteiger partial charge in [-0.1, -0.05) is 23.2 Å². The number of carboxylic acid groups (broad SMARTS) is 1. The molecule has 5 nitrogen and oxygen atoms in total. The molecular weight excluding hydrogens is 317 g/mol. The molecular formula is C14H9Cl2NO4. The summed E-state index contributed by atoms with van der Waals surface area (Å²) < 4.78 is 5.01. The molecule has 0 atom stereocenters. The second-order valence-electron chi connectivity index (χ2n) is 3.96. The lowest BCUT2D eigenvalue weighted by atomic mass is 10.2. The number of hydrogen-bond donors (Lipinski definition) is 2. The maximum atomic E-state index is 12.0. The highest BCUT2D eigenvalue weighted by Gasteiger charge is 2.16. The van der Waals surface area contributed by atoms with Crippen LogP contribution < -0.4 is 5.32 Å². The summed E-state index contributed by atoms with van der Waals surface area (Å²) in [5.41, 5.74) is -0.214. The Morgan fingerprint density at radius 2 is 2.00 bits per heavy atom. The number of nitrogens with one attached hydrogen (secondary N) is 1. The van der Waals surface area contributed by atoms with Crippen molar-refractivity contribution in [3.05, 3.63) is 63.7 Å². The molecule has 1 amide bonds. The largest absolute Gasteiger partial charge is 0.477 e. The molecule has 0 aliphatic rings. The van der Waals surface area contributed by atoms with E-state index >= 15 is 0 Å². The van der Waals surface area contributed by atoms with Crippen LogP contribution in [0.1, 0.15) is 16.1 Å². The number of furan rings is 1. The second kappa shape index (κ2) is 6.47. The first-order chi connectivity index (χ1) is 9.97. The molecule has 0 saturated heterocycles. The van der Waals surface area contributed by atoms with Crippen molar-refractivity contribution in [2.75, 3.05) is 0 Å². The smallest absolute Gasteiger partial charge is 0.352 e. The summed E-state index contributed by atoms with van der Waals surface area (Å²) in [4.78, 5) is 23.2. The second-order valence-corrected chi connectivity index (χ2v) is 4.80. The topological polar surface area (TPSA) is 79.5 Å². The molecule has 0 bridgehead atoms. The molecule has 2 N–H and O–H groups in total. The molecule has 0 spiro atoms. The van der Waals surface area contributed by atoms with E-state index in [9.17, 15) is 9.59 Å². The Balaban J connectivity index is 2.25. The fourth-order valence-corrected chi connectivity index (χ4v) is 2.02. The lowest BCUT2D eigenvalue weighted by molar-refractivity contribution is -0.132. The van der Waals surface area contributed by atoms with Crippen molar-refractivity contribution in [2.24, 2.45) is 0 Å². The van der Waals surface area contributed by atoms with Crippen LogP contribution in [0.3, 0.4) is 0 Å². The lowest BCUT2D eigenvalue weighted by Crippen LogP contribution is -2.27. The zero-order valence-corrected chi connectivity index (χ0v) is 12.0. The van der Waals surface area contributed by atoms with Gasteiger partial charge in [-0.15, -0.1) is 0 Å². The van der Waals surface area contributed by atoms with Crippen LogP contribution in [0.5, 0.6) is 0 Å². The van der Waals surface area contributed by atoms with Crippen molar-refractivity contribution in [3.63, 3.8) is 0 Å². The first-order valence-corrected chi connectivity index (χ1v) is 6.48. The molecule has 0 radical (unpaired) electrons. The van der Waals surface area contributed by atoms with Crippen molar-refractivity contribution in [2.45, 2.75) is 0 Å². The van der Waals surface area contributed by atoms with Crippen molar-refractivity contribution in [1.82, 2.24) is 5.32 Å². The normalized spacial score (nSPS) is 11.2. The van der Waals surface area contributed by atoms with Crippen LogP contribution in [0, 0.1) is 0 Å². The van der Waals surface area contributed by atoms with E-state index in [2.05, 4.69) is 5.32 Å². The van der Waals surface area contributed by atoms with E-state index in [4.69, 9.17) is 32.7 Å². The zero-order valence-electron chi connectivity index (χ0n) is 10.5. The average Bonchev–Trinajstić information content (AvgIpc) is 2.90. The Morgan fingerprint density at radius 3 is 2.57 bits per heavy atom. The first-order valence-electron chi connectivity index (χ1n) is 5.72. The minimum absolute atomic E-state index is 0.118. The van der Waals surface area contributed by atoms with Gasteiger partial charge < -0.3 is 14.8 Å². The van der Waals surface area contributed by atoms with Gasteiger partial charge in [0.2, 0.25) is 0 Å². The molecule has 2 aromatic rings. The Hall–Kier alpha value is -2.24. The third-order valence-electron chi connectivity index (χ3n) is 2.48. The van der Waals surface area contributed by atoms with E-state index in [0.717, 1.165) is 0 Å². The predicted octanol–water partition coefficient (Wildman–Crippen LogP) is 3.44. The number of hydrogen-bond acceptors (Lipinski definition) is 3. The van der Waals surface area contributed by atoms with Gasteiger partial charge in [-0.2, -0.15) is 0 Å². The Kier molecular flexibility index (Phi) is 4.67. The van der Waals surface area contributed by atoms with Crippen LogP contribution in [0.15, 0.2) is 46.7 Å². The quantitative estimate of drug-likeness (QED) is 0.844. The highest BCUT2D eigenvalue weighted by molar-refractivity contribution is 6.36. The van der Waals surface area contributed by atoms with E-state index in [-0.39, 0.29) is 16.3 Å². The van der Waals surface area contributed by atoms with Gasteiger partial charge >= 0.3 is 5.97 Å². The summed E-state index contributed by atoms with van der Waals surface area (Å²) in [5, 5.41) is 11.9. The molecule has 1 aromatic carbocycles. The molecule has 0 saturated carbocycles. The zero-order chi connectivity index (χ0) is 15.4. The summed E-state index contributed by atoms with van der Waals surface area (Å²) >= 11 is 11.6. The van der Waals surface area contributed by atoms with E-state index in [1.807, 2.05) is 0 Å². The minimum Gasteiger partial charge on any atom is -0.477 e. The molecule has 1 heterocycles. The van der Waals surface area contributed by atoms with E-state index in [1.165, 1.54) is 30.5 Å². The Morgan fingerprint density at radius 1 is 1.24 bits per heavy atom. The molecule has 1 aromatic heterocycles. The summed E-state index contributed by atoms with van der Waals surface area (Å²) in [7, 11) is 0. The summed E-state index contributed by atoms with van der Waals surface area (Å²) in [6, 6.07) is 7.45. The van der Waals surface area contributed by atoms with Crippen LogP contribution >= 0.6 is 23.2 Å². The van der Waals surface area contributed by atoms with Crippen LogP contribution in [-0.2, 0) is 4.79 Å². The fourth-order valence-electron chi connectivity index (χ4n) is 1.53. The number of amides is 1. The van der Waals surface area contributed by atoms with Crippen molar-refractivity contribution >= 4 is 41.2 Å². The van der Waals surface area contributed by atoms with Crippen LogP contribution in [0.2, 0.25) is 10.0 Å². The molecule has 21 heavy (non-hydrogen) atoms. The minimum atomic E-state index is -1.30. The average molecular weight is 326 g/mol. The van der Waals surface area contributed by atoms with Gasteiger partial charge in [0.15, 0.2) is 0 Å². The molecule has 0 aliphatic carbocycles. The van der Waals surface area contributed by atoms with E-state index < -0.39 is 11.9 Å². The fraction of sp³-hybridized carbons (Fsp3) is 0. The molecule has 7 heteroatoms. The number of benzene rings is 1. The van der Waals surface area contributed by atoms with Gasteiger partial charge in [-0.25, -0.2) is 4.79 Å². The number of carboxylic acids is 1. The Labute approximate surface area is 129 Å². The third kappa shape index (κ3) is 3.87. The van der Waals surface area contributed by atoms with Crippen molar-refractivity contribution in [3.8, 4) is 0 Å². The summed E-state index contributed by atoms with van der Waals surface area (Å²) in [5.74, 6) is -1.66. The van der Waals surface area contributed by atoms with Crippen LogP contribution in [-0.4, -0.2) is 17.0 Å². The molecule has 0 aliphatic heterocycles. The predicted molar refractivity (Wildman–Crippen MR) is 78.2 cm³/mol. The number of halogens is 2. The van der Waals surface area contributed by atoms with Crippen molar-refractivity contribution < 1.29 is 19.1 Å². The molecule has 0 fully saturated rings.